The van der Waals surface area contributed by atoms with Gasteiger partial charge in [0, 0.05) is 12.5 Å². The fourth-order valence-electron chi connectivity index (χ4n) is 2.76. The Morgan fingerprint density at radius 1 is 1.26 bits per heavy atom. The van der Waals surface area contributed by atoms with Crippen LogP contribution in [0.3, 0.4) is 0 Å². The van der Waals surface area contributed by atoms with Crippen LogP contribution in [0.5, 0.6) is 0 Å². The highest BCUT2D eigenvalue weighted by Gasteiger charge is 2.38. The maximum Gasteiger partial charge on any atom is 0.324 e. The molecule has 4 amide bonds. The maximum absolute atomic E-state index is 12.4. The molecule has 1 aromatic carbocycles. The third-order valence-electron chi connectivity index (χ3n) is 4.26. The van der Waals surface area contributed by atoms with Gasteiger partial charge in [-0.05, 0) is 12.0 Å². The summed E-state index contributed by atoms with van der Waals surface area (Å²) in [4.78, 5) is 42.0. The molecule has 1 aliphatic heterocycles. The van der Waals surface area contributed by atoms with Crippen LogP contribution in [-0.4, -0.2) is 50.5 Å². The quantitative estimate of drug-likeness (QED) is 0.637. The molecule has 1 aromatic heterocycles. The van der Waals surface area contributed by atoms with Gasteiger partial charge < -0.3 is 5.32 Å². The molecule has 1 aliphatic rings. The van der Waals surface area contributed by atoms with Gasteiger partial charge in [0.2, 0.25) is 11.9 Å². The van der Waals surface area contributed by atoms with E-state index in [-0.39, 0.29) is 24.8 Å². The van der Waals surface area contributed by atoms with E-state index in [0.717, 1.165) is 10.5 Å². The number of nitrogens with one attached hydrogen (secondary N) is 3. The first-order valence-electron chi connectivity index (χ1n) is 8.82. The summed E-state index contributed by atoms with van der Waals surface area (Å²) >= 11 is 0. The number of urea groups is 1. The number of aromatic nitrogens is 3. The van der Waals surface area contributed by atoms with Crippen LogP contribution >= 0.6 is 0 Å². The summed E-state index contributed by atoms with van der Waals surface area (Å²) in [6.07, 6.45) is 0.395. The van der Waals surface area contributed by atoms with Crippen LogP contribution in [0.25, 0.3) is 0 Å². The first kappa shape index (κ1) is 18.6. The molecule has 9 nitrogen and oxygen atoms in total. The Kier molecular flexibility index (Phi) is 5.49. The van der Waals surface area contributed by atoms with Crippen molar-refractivity contribution in [1.82, 2.24) is 25.4 Å². The smallest absolute Gasteiger partial charge is 0.324 e. The van der Waals surface area contributed by atoms with Gasteiger partial charge in [0.1, 0.15) is 11.9 Å². The molecule has 0 bridgehead atoms. The Bertz CT molecular complexity index is 833. The van der Waals surface area contributed by atoms with Crippen LogP contribution in [0, 0.1) is 0 Å². The van der Waals surface area contributed by atoms with Gasteiger partial charge in [-0.25, -0.2) is 4.79 Å². The van der Waals surface area contributed by atoms with Crippen molar-refractivity contribution in [3.8, 4) is 0 Å². The predicted molar refractivity (Wildman–Crippen MR) is 97.9 cm³/mol. The summed E-state index contributed by atoms with van der Waals surface area (Å²) in [6.45, 7) is 4.16. The molecular weight excluding hydrogens is 348 g/mol. The van der Waals surface area contributed by atoms with Crippen molar-refractivity contribution < 1.29 is 14.4 Å². The second-order valence-corrected chi connectivity index (χ2v) is 6.68. The first-order valence-corrected chi connectivity index (χ1v) is 8.82. The van der Waals surface area contributed by atoms with Crippen LogP contribution in [0.1, 0.15) is 37.6 Å². The molecule has 0 radical (unpaired) electrons. The zero-order valence-corrected chi connectivity index (χ0v) is 15.2. The molecule has 1 saturated heterocycles. The summed E-state index contributed by atoms with van der Waals surface area (Å²) in [5, 5.41) is 11.7. The number of H-pyrrole nitrogens is 1. The Morgan fingerprint density at radius 3 is 2.67 bits per heavy atom. The second kappa shape index (κ2) is 7.98. The number of nitrogens with zero attached hydrogens (tertiary/aromatic N) is 3. The van der Waals surface area contributed by atoms with Gasteiger partial charge >= 0.3 is 6.03 Å². The van der Waals surface area contributed by atoms with Crippen molar-refractivity contribution >= 4 is 23.8 Å². The summed E-state index contributed by atoms with van der Waals surface area (Å²) in [6, 6.07) is 8.23. The van der Waals surface area contributed by atoms with E-state index in [9.17, 15) is 14.4 Å². The molecular formula is C18H22N6O3. The summed E-state index contributed by atoms with van der Waals surface area (Å²) in [7, 11) is 0. The average molecular weight is 370 g/mol. The zero-order valence-electron chi connectivity index (χ0n) is 15.2. The largest absolute Gasteiger partial charge is 0.325 e. The SMILES string of the molecule is CC(C)c1nc(NC(=O)C[C@@H]2NC(=O)N(CCc3ccccc3)C2=O)n[nH]1. The van der Waals surface area contributed by atoms with Crippen molar-refractivity contribution in [1.29, 1.82) is 0 Å². The second-order valence-electron chi connectivity index (χ2n) is 6.68. The molecule has 0 aliphatic carbocycles. The van der Waals surface area contributed by atoms with Crippen molar-refractivity contribution in [3.63, 3.8) is 0 Å². The Morgan fingerprint density at radius 2 is 2.00 bits per heavy atom. The minimum Gasteiger partial charge on any atom is -0.325 e. The number of benzene rings is 1. The number of aromatic amines is 1. The van der Waals surface area contributed by atoms with Gasteiger partial charge in [-0.3, -0.25) is 24.9 Å². The van der Waals surface area contributed by atoms with Crippen LogP contribution in [0.15, 0.2) is 30.3 Å². The van der Waals surface area contributed by atoms with E-state index >= 15 is 0 Å². The number of carbonyl (C=O) groups is 3. The van der Waals surface area contributed by atoms with E-state index in [0.29, 0.717) is 12.2 Å². The molecule has 0 spiro atoms. The van der Waals surface area contributed by atoms with E-state index < -0.39 is 23.9 Å². The standard InChI is InChI=1S/C18H22N6O3/c1-11(2)15-21-17(23-22-15)20-14(25)10-13-16(26)24(18(27)19-13)9-8-12-6-4-3-5-7-12/h3-7,11,13H,8-10H2,1-2H3,(H,19,27)(H2,20,21,22,23,25)/t13-/m0/s1. The molecule has 9 heteroatoms. The highest BCUT2D eigenvalue weighted by Crippen LogP contribution is 2.13. The van der Waals surface area contributed by atoms with E-state index in [1.165, 1.54) is 0 Å². The number of rotatable bonds is 7. The van der Waals surface area contributed by atoms with Crippen LogP contribution in [-0.2, 0) is 16.0 Å². The normalized spacial score (nSPS) is 16.7. The molecule has 1 fully saturated rings. The minimum absolute atomic E-state index is 0.150. The van der Waals surface area contributed by atoms with E-state index in [1.54, 1.807) is 0 Å². The Labute approximate surface area is 156 Å². The van der Waals surface area contributed by atoms with Gasteiger partial charge in [-0.1, -0.05) is 44.2 Å². The monoisotopic (exact) mass is 370 g/mol. The summed E-state index contributed by atoms with van der Waals surface area (Å²) in [5.41, 5.74) is 1.03. The van der Waals surface area contributed by atoms with Crippen LogP contribution in [0.4, 0.5) is 10.7 Å². The lowest BCUT2D eigenvalue weighted by molar-refractivity contribution is -0.129. The number of hydrogen-bond acceptors (Lipinski definition) is 5. The lowest BCUT2D eigenvalue weighted by Crippen LogP contribution is -2.35. The third-order valence-corrected chi connectivity index (χ3v) is 4.26. The Balaban J connectivity index is 1.53. The van der Waals surface area contributed by atoms with Crippen molar-refractivity contribution in [3.05, 3.63) is 41.7 Å². The number of hydrogen-bond donors (Lipinski definition) is 3. The molecule has 0 saturated carbocycles. The minimum atomic E-state index is -0.878. The fourth-order valence-corrected chi connectivity index (χ4v) is 2.76. The Hall–Kier alpha value is -3.23. The van der Waals surface area contributed by atoms with Gasteiger partial charge in [-0.15, -0.1) is 5.10 Å². The molecule has 1 atom stereocenters. The third kappa shape index (κ3) is 4.49. The van der Waals surface area contributed by atoms with E-state index in [1.807, 2.05) is 44.2 Å². The molecule has 2 aromatic rings. The number of amides is 4. The van der Waals surface area contributed by atoms with Crippen LogP contribution < -0.4 is 10.6 Å². The van der Waals surface area contributed by atoms with Gasteiger partial charge in [0.15, 0.2) is 0 Å². The number of imide groups is 1. The highest BCUT2D eigenvalue weighted by atomic mass is 16.2. The highest BCUT2D eigenvalue weighted by molar-refractivity contribution is 6.06. The van der Waals surface area contributed by atoms with Crippen molar-refractivity contribution in [2.75, 3.05) is 11.9 Å². The van der Waals surface area contributed by atoms with E-state index in [2.05, 4.69) is 25.8 Å². The van der Waals surface area contributed by atoms with Crippen molar-refractivity contribution in [2.24, 2.45) is 0 Å². The topological polar surface area (TPSA) is 120 Å². The van der Waals surface area contributed by atoms with Gasteiger partial charge in [0.05, 0.1) is 6.42 Å². The molecule has 142 valence electrons. The lowest BCUT2D eigenvalue weighted by Gasteiger charge is -2.12. The first-order chi connectivity index (χ1) is 12.9. The average Bonchev–Trinajstić information content (AvgIpc) is 3.20. The molecule has 27 heavy (non-hydrogen) atoms. The lowest BCUT2D eigenvalue weighted by atomic mass is 10.1. The maximum atomic E-state index is 12.4. The predicted octanol–water partition coefficient (Wildman–Crippen LogP) is 1.42. The summed E-state index contributed by atoms with van der Waals surface area (Å²) < 4.78 is 0. The molecule has 3 rings (SSSR count). The zero-order chi connectivity index (χ0) is 19.4. The molecule has 3 N–H and O–H groups in total. The van der Waals surface area contributed by atoms with Gasteiger partial charge in [0.25, 0.3) is 5.91 Å². The summed E-state index contributed by atoms with van der Waals surface area (Å²) in [5.74, 6) is 0.123. The number of carbonyl (C=O) groups excluding carboxylic acids is 3. The van der Waals surface area contributed by atoms with Crippen LogP contribution in [0.2, 0.25) is 0 Å². The van der Waals surface area contributed by atoms with Gasteiger partial charge in [-0.2, -0.15) is 4.98 Å². The number of anilines is 1. The molecule has 0 unspecified atom stereocenters. The fraction of sp³-hybridized carbons (Fsp3) is 0.389. The molecule has 2 heterocycles. The van der Waals surface area contributed by atoms with Crippen molar-refractivity contribution in [2.45, 2.75) is 38.6 Å². The van der Waals surface area contributed by atoms with E-state index in [4.69, 9.17) is 0 Å².